The van der Waals surface area contributed by atoms with Crippen LogP contribution in [-0.4, -0.2) is 21.6 Å². The van der Waals surface area contributed by atoms with Crippen molar-refractivity contribution in [3.8, 4) is 0 Å². The van der Waals surface area contributed by atoms with Crippen molar-refractivity contribution >= 4 is 17.1 Å². The molecule has 1 aromatic heterocycles. The smallest absolute Gasteiger partial charge is 0.298 e. The maximum atomic E-state index is 12.6. The van der Waals surface area contributed by atoms with Gasteiger partial charge in [0.25, 0.3) is 5.78 Å². The number of carbonyl (C=O) groups excluding carboxylic acids is 1. The van der Waals surface area contributed by atoms with E-state index in [1.807, 2.05) is 0 Å². The molecule has 0 aromatic carbocycles. The topological polar surface area (TPSA) is 69.0 Å². The van der Waals surface area contributed by atoms with E-state index in [0.29, 0.717) is 16.4 Å². The number of Topliss-reactive ketones (excluding diaryl/α,β-unsaturated/α-hetero) is 1. The van der Waals surface area contributed by atoms with E-state index >= 15 is 0 Å². The summed E-state index contributed by atoms with van der Waals surface area (Å²) in [5, 5.41) is 20.7. The van der Waals surface area contributed by atoms with Crippen LogP contribution in [0.25, 0.3) is 0 Å². The number of rotatable bonds is 1. The Kier molecular flexibility index (Phi) is 2.98. The number of nitrogens with one attached hydrogen (secondary N) is 1. The molecule has 1 aliphatic rings. The number of hydrogen-bond acceptors (Lipinski definition) is 4. The fraction of sp³-hybridized carbons (Fsp3) is 0.636. The molecule has 0 fully saturated rings. The zero-order chi connectivity index (χ0) is 15.7. The van der Waals surface area contributed by atoms with Crippen LogP contribution in [0.15, 0.2) is 0 Å². The number of carbonyl (C=O) groups is 1. The average molecular weight is 308 g/mol. The number of nitrogens with zero attached hydrogens (tertiary/aromatic N) is 2. The first-order valence-corrected chi connectivity index (χ1v) is 6.55. The molecule has 0 atom stereocenters. The summed E-state index contributed by atoms with van der Waals surface area (Å²) in [4.78, 5) is 10.7. The third kappa shape index (κ3) is 1.76. The van der Waals surface area contributed by atoms with E-state index in [1.54, 1.807) is 0 Å². The number of ketones is 1. The Morgan fingerprint density at radius 1 is 1.25 bits per heavy atom. The van der Waals surface area contributed by atoms with E-state index in [-0.39, 0.29) is 10.5 Å². The molecule has 2 heterocycles. The third-order valence-electron chi connectivity index (χ3n) is 3.44. The van der Waals surface area contributed by atoms with Crippen molar-refractivity contribution < 1.29 is 23.2 Å². The molecule has 0 unspecified atom stereocenters. The normalized spacial score (nSPS) is 21.0. The first-order chi connectivity index (χ1) is 8.83. The summed E-state index contributed by atoms with van der Waals surface area (Å²) in [7, 11) is 0. The lowest BCUT2D eigenvalue weighted by molar-refractivity contribution is -0.278. The first-order valence-electron chi connectivity index (χ1n) is 5.73. The van der Waals surface area contributed by atoms with Crippen molar-refractivity contribution in [3.63, 3.8) is 0 Å². The monoisotopic (exact) mass is 308 g/mol. The molecule has 1 aromatic rings. The molecule has 20 heavy (non-hydrogen) atoms. The van der Waals surface area contributed by atoms with Gasteiger partial charge in [0.05, 0.1) is 11.2 Å². The highest BCUT2D eigenvalue weighted by molar-refractivity contribution is 7.11. The van der Waals surface area contributed by atoms with Crippen LogP contribution in [0, 0.1) is 5.41 Å². The average Bonchev–Trinajstić information content (AvgIpc) is 2.69. The SMILES string of the molecule is CC1(C)c2c(C(=O)C(F)(F)F)sc(=N)n2C(C)(C)N1[O]. The number of hydroxylamine groups is 2. The van der Waals surface area contributed by atoms with Crippen molar-refractivity contribution in [2.75, 3.05) is 0 Å². The Bertz CT molecular complexity index is 642. The number of hydrogen-bond donors (Lipinski definition) is 1. The van der Waals surface area contributed by atoms with Crippen LogP contribution in [0.3, 0.4) is 0 Å². The van der Waals surface area contributed by atoms with Gasteiger partial charge < -0.3 is 0 Å². The van der Waals surface area contributed by atoms with Crippen molar-refractivity contribution in [3.05, 3.63) is 15.4 Å². The fourth-order valence-corrected chi connectivity index (χ4v) is 3.87. The maximum absolute atomic E-state index is 12.6. The Balaban J connectivity index is 2.79. The molecule has 111 valence electrons. The predicted molar refractivity (Wildman–Crippen MR) is 63.4 cm³/mol. The van der Waals surface area contributed by atoms with Gasteiger partial charge in [0.15, 0.2) is 4.80 Å². The van der Waals surface area contributed by atoms with Gasteiger partial charge in [0.2, 0.25) is 0 Å². The third-order valence-corrected chi connectivity index (χ3v) is 4.39. The fourth-order valence-electron chi connectivity index (χ4n) is 2.62. The van der Waals surface area contributed by atoms with Gasteiger partial charge in [-0.05, 0) is 27.7 Å². The number of alkyl halides is 3. The second-order valence-electron chi connectivity index (χ2n) is 5.60. The summed E-state index contributed by atoms with van der Waals surface area (Å²) >= 11 is 0.453. The lowest BCUT2D eigenvalue weighted by Crippen LogP contribution is -2.45. The van der Waals surface area contributed by atoms with Crippen LogP contribution >= 0.6 is 11.3 Å². The van der Waals surface area contributed by atoms with Crippen LogP contribution in [0.4, 0.5) is 13.2 Å². The predicted octanol–water partition coefficient (Wildman–Crippen LogP) is 2.36. The molecular formula is C11H13F3N3O2S. The maximum Gasteiger partial charge on any atom is 0.455 e. The Morgan fingerprint density at radius 2 is 1.75 bits per heavy atom. The molecule has 1 N–H and O–H groups in total. The molecular weight excluding hydrogens is 295 g/mol. The van der Waals surface area contributed by atoms with Crippen LogP contribution in [0.1, 0.15) is 43.1 Å². The van der Waals surface area contributed by atoms with E-state index in [4.69, 9.17) is 5.41 Å². The minimum atomic E-state index is -5.03. The summed E-state index contributed by atoms with van der Waals surface area (Å²) in [6, 6.07) is 0. The second kappa shape index (κ2) is 3.92. The molecule has 1 aliphatic heterocycles. The zero-order valence-electron chi connectivity index (χ0n) is 11.3. The molecule has 0 saturated heterocycles. The second-order valence-corrected chi connectivity index (χ2v) is 6.59. The highest BCUT2D eigenvalue weighted by Crippen LogP contribution is 2.45. The Hall–Kier alpha value is -1.19. The summed E-state index contributed by atoms with van der Waals surface area (Å²) in [5.41, 5.74) is -2.57. The molecule has 0 bridgehead atoms. The Labute approximate surface area is 116 Å². The van der Waals surface area contributed by atoms with Gasteiger partial charge in [-0.2, -0.15) is 13.2 Å². The van der Waals surface area contributed by atoms with Gasteiger partial charge in [-0.1, -0.05) is 11.3 Å². The molecule has 0 amide bonds. The van der Waals surface area contributed by atoms with E-state index < -0.39 is 28.0 Å². The molecule has 1 radical (unpaired) electrons. The molecule has 0 saturated carbocycles. The molecule has 0 aliphatic carbocycles. The van der Waals surface area contributed by atoms with Crippen LogP contribution in [0.2, 0.25) is 0 Å². The molecule has 5 nitrogen and oxygen atoms in total. The van der Waals surface area contributed by atoms with Crippen molar-refractivity contribution in [2.45, 2.75) is 45.1 Å². The van der Waals surface area contributed by atoms with Crippen LogP contribution in [-0.2, 0) is 16.4 Å². The standard InChI is InChI=1S/C11H13F3N3O2S/c1-9(2)6-5(7(18)11(12,13)14)20-8(15)16(6)10(3,4)17(9)19/h15H,1-4H3. The van der Waals surface area contributed by atoms with Crippen molar-refractivity contribution in [1.82, 2.24) is 9.63 Å². The molecule has 9 heteroatoms. The van der Waals surface area contributed by atoms with Crippen LogP contribution in [0.5, 0.6) is 0 Å². The largest absolute Gasteiger partial charge is 0.455 e. The van der Waals surface area contributed by atoms with E-state index in [9.17, 15) is 23.2 Å². The van der Waals surface area contributed by atoms with E-state index in [1.165, 1.54) is 32.3 Å². The van der Waals surface area contributed by atoms with Gasteiger partial charge in [0, 0.05) is 0 Å². The Morgan fingerprint density at radius 3 is 2.20 bits per heavy atom. The summed E-state index contributed by atoms with van der Waals surface area (Å²) in [6.07, 6.45) is -5.03. The number of fused-ring (bicyclic) bond motifs is 1. The van der Waals surface area contributed by atoms with Crippen molar-refractivity contribution in [2.24, 2.45) is 0 Å². The van der Waals surface area contributed by atoms with Crippen LogP contribution < -0.4 is 4.80 Å². The van der Waals surface area contributed by atoms with Gasteiger partial charge >= 0.3 is 6.18 Å². The summed E-state index contributed by atoms with van der Waals surface area (Å²) in [6.45, 7) is 5.90. The van der Waals surface area contributed by atoms with Gasteiger partial charge in [-0.3, -0.25) is 14.8 Å². The van der Waals surface area contributed by atoms with Gasteiger partial charge in [-0.25, -0.2) is 0 Å². The lowest BCUT2D eigenvalue weighted by atomic mass is 9.99. The van der Waals surface area contributed by atoms with Gasteiger partial charge in [-0.15, -0.1) is 10.3 Å². The minimum Gasteiger partial charge on any atom is -0.298 e. The summed E-state index contributed by atoms with van der Waals surface area (Å²) < 4.78 is 39.1. The van der Waals surface area contributed by atoms with E-state index in [0.717, 1.165) is 0 Å². The molecule has 0 spiro atoms. The number of thiazole rings is 1. The van der Waals surface area contributed by atoms with Gasteiger partial charge in [0.1, 0.15) is 10.5 Å². The molecule has 2 rings (SSSR count). The lowest BCUT2D eigenvalue weighted by Gasteiger charge is -2.31. The first kappa shape index (κ1) is 15.2. The van der Waals surface area contributed by atoms with Crippen molar-refractivity contribution in [1.29, 1.82) is 5.41 Å². The van der Waals surface area contributed by atoms with E-state index in [2.05, 4.69) is 0 Å². The summed E-state index contributed by atoms with van der Waals surface area (Å²) in [5.74, 6) is -2.01. The number of aromatic nitrogens is 1. The quantitative estimate of drug-likeness (QED) is 0.809. The number of halogens is 3. The zero-order valence-corrected chi connectivity index (χ0v) is 12.1. The minimum absolute atomic E-state index is 0.0465. The highest BCUT2D eigenvalue weighted by atomic mass is 32.1. The highest BCUT2D eigenvalue weighted by Gasteiger charge is 2.55.